The molecule has 1 N–H and O–H groups in total. The van der Waals surface area contributed by atoms with Crippen molar-refractivity contribution < 1.29 is 19.1 Å². The third-order valence-electron chi connectivity index (χ3n) is 5.44. The second kappa shape index (κ2) is 13.6. The molecule has 0 bridgehead atoms. The molecule has 0 unspecified atom stereocenters. The standard InChI is InChI=1S/C28H30BrNO4/c1-33-28(32)25-20-23(14-17-26(25)29)30-27(31)18-13-22-11-15-24(16-12-22)34-19-7-3-6-10-21-8-4-2-5-9-21/h2,4-5,8-9,11-12,14-17,20H,3,6-7,10,13,18-19H2,1H3,(H,30,31). The van der Waals surface area contributed by atoms with Crippen LogP contribution in [0.25, 0.3) is 0 Å². The van der Waals surface area contributed by atoms with Crippen LogP contribution < -0.4 is 10.1 Å². The minimum atomic E-state index is -0.461. The first kappa shape index (κ1) is 25.5. The summed E-state index contributed by atoms with van der Waals surface area (Å²) in [5.74, 6) is 0.271. The number of anilines is 1. The fourth-order valence-electron chi connectivity index (χ4n) is 3.55. The molecule has 178 valence electrons. The predicted octanol–water partition coefficient (Wildman–Crippen LogP) is 6.60. The highest BCUT2D eigenvalue weighted by atomic mass is 79.9. The van der Waals surface area contributed by atoms with Crippen molar-refractivity contribution in [2.24, 2.45) is 0 Å². The van der Waals surface area contributed by atoms with Crippen LogP contribution in [-0.4, -0.2) is 25.6 Å². The van der Waals surface area contributed by atoms with Crippen LogP contribution in [0.15, 0.2) is 77.3 Å². The number of carbonyl (C=O) groups excluding carboxylic acids is 2. The number of rotatable bonds is 12. The van der Waals surface area contributed by atoms with Gasteiger partial charge < -0.3 is 14.8 Å². The van der Waals surface area contributed by atoms with Crippen molar-refractivity contribution in [3.8, 4) is 5.75 Å². The number of amides is 1. The molecule has 34 heavy (non-hydrogen) atoms. The molecule has 0 aromatic heterocycles. The van der Waals surface area contributed by atoms with Gasteiger partial charge in [0, 0.05) is 16.6 Å². The molecular weight excluding hydrogens is 494 g/mol. The van der Waals surface area contributed by atoms with E-state index in [-0.39, 0.29) is 5.91 Å². The molecule has 0 aliphatic heterocycles. The van der Waals surface area contributed by atoms with Crippen LogP contribution in [-0.2, 0) is 22.4 Å². The van der Waals surface area contributed by atoms with Gasteiger partial charge in [-0.25, -0.2) is 4.79 Å². The minimum absolute atomic E-state index is 0.117. The topological polar surface area (TPSA) is 64.6 Å². The van der Waals surface area contributed by atoms with Crippen molar-refractivity contribution >= 4 is 33.5 Å². The lowest BCUT2D eigenvalue weighted by Gasteiger charge is -2.09. The van der Waals surface area contributed by atoms with E-state index >= 15 is 0 Å². The van der Waals surface area contributed by atoms with Gasteiger partial charge in [0.15, 0.2) is 0 Å². The maximum atomic E-state index is 12.3. The Hall–Kier alpha value is -3.12. The molecule has 3 aromatic rings. The lowest BCUT2D eigenvalue weighted by Crippen LogP contribution is -2.13. The Morgan fingerprint density at radius 1 is 0.853 bits per heavy atom. The largest absolute Gasteiger partial charge is 0.494 e. The first-order chi connectivity index (χ1) is 16.5. The van der Waals surface area contributed by atoms with E-state index in [4.69, 9.17) is 9.47 Å². The summed E-state index contributed by atoms with van der Waals surface area (Å²) >= 11 is 3.32. The molecule has 3 rings (SSSR count). The zero-order valence-corrected chi connectivity index (χ0v) is 21.0. The third-order valence-corrected chi connectivity index (χ3v) is 6.13. The maximum Gasteiger partial charge on any atom is 0.339 e. The first-order valence-electron chi connectivity index (χ1n) is 11.5. The zero-order chi connectivity index (χ0) is 24.2. The Labute approximate surface area is 209 Å². The normalized spacial score (nSPS) is 10.5. The average Bonchev–Trinajstić information content (AvgIpc) is 2.87. The molecule has 1 amide bonds. The van der Waals surface area contributed by atoms with Crippen LogP contribution in [0, 0.1) is 0 Å². The predicted molar refractivity (Wildman–Crippen MR) is 138 cm³/mol. The number of benzene rings is 3. The quantitative estimate of drug-likeness (QED) is 0.214. The van der Waals surface area contributed by atoms with E-state index in [1.165, 1.54) is 19.1 Å². The molecule has 0 fully saturated rings. The Kier molecular flexibility index (Phi) is 10.2. The van der Waals surface area contributed by atoms with E-state index < -0.39 is 5.97 Å². The van der Waals surface area contributed by atoms with E-state index in [0.717, 1.165) is 30.6 Å². The van der Waals surface area contributed by atoms with E-state index in [2.05, 4.69) is 45.5 Å². The average molecular weight is 524 g/mol. The first-order valence-corrected chi connectivity index (χ1v) is 12.3. The van der Waals surface area contributed by atoms with Gasteiger partial charge in [-0.05, 0) is 89.5 Å². The van der Waals surface area contributed by atoms with Crippen molar-refractivity contribution in [3.05, 3.63) is 94.0 Å². The number of ether oxygens (including phenoxy) is 2. The monoisotopic (exact) mass is 523 g/mol. The Morgan fingerprint density at radius 3 is 2.32 bits per heavy atom. The molecule has 0 atom stereocenters. The van der Waals surface area contributed by atoms with E-state index in [1.807, 2.05) is 30.3 Å². The van der Waals surface area contributed by atoms with E-state index in [0.29, 0.717) is 35.2 Å². The van der Waals surface area contributed by atoms with Crippen LogP contribution >= 0.6 is 15.9 Å². The summed E-state index contributed by atoms with van der Waals surface area (Å²) in [7, 11) is 1.32. The van der Waals surface area contributed by atoms with Crippen LogP contribution in [0.5, 0.6) is 5.75 Å². The molecule has 5 nitrogen and oxygen atoms in total. The summed E-state index contributed by atoms with van der Waals surface area (Å²) in [6.07, 6.45) is 5.40. The van der Waals surface area contributed by atoms with Gasteiger partial charge in [-0.3, -0.25) is 4.79 Å². The van der Waals surface area contributed by atoms with Crippen molar-refractivity contribution in [1.82, 2.24) is 0 Å². The molecule has 6 heteroatoms. The summed E-state index contributed by atoms with van der Waals surface area (Å²) < 4.78 is 11.2. The number of hydrogen-bond donors (Lipinski definition) is 1. The lowest BCUT2D eigenvalue weighted by atomic mass is 10.1. The van der Waals surface area contributed by atoms with Crippen molar-refractivity contribution in [2.45, 2.75) is 38.5 Å². The number of nitrogens with one attached hydrogen (secondary N) is 1. The number of aryl methyl sites for hydroxylation is 2. The highest BCUT2D eigenvalue weighted by Gasteiger charge is 2.12. The summed E-state index contributed by atoms with van der Waals surface area (Å²) in [5, 5.41) is 2.83. The summed E-state index contributed by atoms with van der Waals surface area (Å²) in [4.78, 5) is 24.1. The number of esters is 1. The Balaban J connectivity index is 1.35. The van der Waals surface area contributed by atoms with Gasteiger partial charge in [0.2, 0.25) is 5.91 Å². The second-order valence-corrected chi connectivity index (χ2v) is 8.88. The van der Waals surface area contributed by atoms with Crippen LogP contribution in [0.4, 0.5) is 5.69 Å². The van der Waals surface area contributed by atoms with Gasteiger partial charge in [-0.1, -0.05) is 42.5 Å². The molecule has 3 aromatic carbocycles. The summed E-state index contributed by atoms with van der Waals surface area (Å²) in [5.41, 5.74) is 3.38. The van der Waals surface area contributed by atoms with Gasteiger partial charge in [0.05, 0.1) is 19.3 Å². The number of hydrogen-bond acceptors (Lipinski definition) is 4. The lowest BCUT2D eigenvalue weighted by molar-refractivity contribution is -0.116. The minimum Gasteiger partial charge on any atom is -0.494 e. The van der Waals surface area contributed by atoms with Gasteiger partial charge in [0.25, 0.3) is 0 Å². The molecule has 0 heterocycles. The van der Waals surface area contributed by atoms with Crippen molar-refractivity contribution in [2.75, 3.05) is 19.0 Å². The molecule has 0 aliphatic rings. The zero-order valence-electron chi connectivity index (χ0n) is 19.4. The smallest absolute Gasteiger partial charge is 0.339 e. The SMILES string of the molecule is COC(=O)c1cc(NC(=O)CCc2ccc(OCCCCCc3ccccc3)cc2)ccc1Br. The maximum absolute atomic E-state index is 12.3. The van der Waals surface area contributed by atoms with Crippen molar-refractivity contribution in [3.63, 3.8) is 0 Å². The number of carbonyl (C=O) groups is 2. The summed E-state index contributed by atoms with van der Waals surface area (Å²) in [6, 6.07) is 23.5. The molecule has 0 saturated heterocycles. The second-order valence-electron chi connectivity index (χ2n) is 8.02. The van der Waals surface area contributed by atoms with Gasteiger partial charge in [-0.15, -0.1) is 0 Å². The highest BCUT2D eigenvalue weighted by Crippen LogP contribution is 2.22. The fourth-order valence-corrected chi connectivity index (χ4v) is 3.95. The van der Waals surface area contributed by atoms with Gasteiger partial charge in [0.1, 0.15) is 5.75 Å². The number of unbranched alkanes of at least 4 members (excludes halogenated alkanes) is 2. The number of methoxy groups -OCH3 is 1. The van der Waals surface area contributed by atoms with Gasteiger partial charge >= 0.3 is 5.97 Å². The molecular formula is C28H30BrNO4. The molecule has 0 aliphatic carbocycles. The number of halogens is 1. The van der Waals surface area contributed by atoms with Crippen LogP contribution in [0.2, 0.25) is 0 Å². The summed E-state index contributed by atoms with van der Waals surface area (Å²) in [6.45, 7) is 0.706. The Morgan fingerprint density at radius 2 is 1.59 bits per heavy atom. The van der Waals surface area contributed by atoms with E-state index in [1.54, 1.807) is 18.2 Å². The van der Waals surface area contributed by atoms with Crippen LogP contribution in [0.3, 0.4) is 0 Å². The molecule has 0 radical (unpaired) electrons. The molecule has 0 spiro atoms. The Bertz CT molecular complexity index is 1070. The van der Waals surface area contributed by atoms with Gasteiger partial charge in [-0.2, -0.15) is 0 Å². The van der Waals surface area contributed by atoms with E-state index in [9.17, 15) is 9.59 Å². The molecule has 0 saturated carbocycles. The highest BCUT2D eigenvalue weighted by molar-refractivity contribution is 9.10. The third kappa shape index (κ3) is 8.34. The fraction of sp³-hybridized carbons (Fsp3) is 0.286. The van der Waals surface area contributed by atoms with Crippen LogP contribution in [0.1, 0.15) is 47.2 Å². The van der Waals surface area contributed by atoms with Crippen molar-refractivity contribution in [1.29, 1.82) is 0 Å².